The van der Waals surface area contributed by atoms with E-state index in [1.54, 1.807) is 0 Å². The van der Waals surface area contributed by atoms with E-state index in [-0.39, 0.29) is 18.0 Å². The fourth-order valence-corrected chi connectivity index (χ4v) is 3.22. The summed E-state index contributed by atoms with van der Waals surface area (Å²) in [6.45, 7) is 2.04. The molecule has 0 saturated carbocycles. The molecule has 0 aliphatic carbocycles. The Kier molecular flexibility index (Phi) is 4.87. The van der Waals surface area contributed by atoms with Crippen molar-refractivity contribution in [3.63, 3.8) is 0 Å². The molecule has 0 saturated heterocycles. The van der Waals surface area contributed by atoms with Crippen molar-refractivity contribution in [2.75, 3.05) is 5.32 Å². The van der Waals surface area contributed by atoms with Gasteiger partial charge in [0.1, 0.15) is 6.04 Å². The van der Waals surface area contributed by atoms with Gasteiger partial charge in [0.05, 0.1) is 0 Å². The monoisotopic (exact) mass is 328 g/mol. The summed E-state index contributed by atoms with van der Waals surface area (Å²) >= 11 is 6.01. The zero-order valence-electron chi connectivity index (χ0n) is 13.2. The maximum atomic E-state index is 12.5. The summed E-state index contributed by atoms with van der Waals surface area (Å²) < 4.78 is 0. The number of nitrogens with one attached hydrogen (secondary N) is 2. The molecule has 1 aliphatic heterocycles. The number of benzene rings is 2. The second-order valence-electron chi connectivity index (χ2n) is 6.14. The molecular weight excluding hydrogens is 308 g/mol. The third kappa shape index (κ3) is 4.05. The molecule has 2 N–H and O–H groups in total. The number of rotatable bonds is 4. The van der Waals surface area contributed by atoms with Gasteiger partial charge in [-0.05, 0) is 55.5 Å². The van der Waals surface area contributed by atoms with E-state index in [0.717, 1.165) is 30.0 Å². The number of carbonyl (C=O) groups is 1. The molecule has 23 heavy (non-hydrogen) atoms. The van der Waals surface area contributed by atoms with Crippen LogP contribution >= 0.6 is 11.6 Å². The molecule has 2 aromatic carbocycles. The number of aryl methyl sites for hydroxylation is 1. The molecule has 2 atom stereocenters. The Labute approximate surface area is 142 Å². The van der Waals surface area contributed by atoms with Gasteiger partial charge in [-0.3, -0.25) is 4.79 Å². The van der Waals surface area contributed by atoms with E-state index in [9.17, 15) is 4.79 Å². The van der Waals surface area contributed by atoms with Crippen molar-refractivity contribution in [3.05, 3.63) is 64.7 Å². The summed E-state index contributed by atoms with van der Waals surface area (Å²) in [5.74, 6) is 0.0639. The fourth-order valence-electron chi connectivity index (χ4n) is 3.03. The van der Waals surface area contributed by atoms with Gasteiger partial charge in [-0.2, -0.15) is 0 Å². The largest absolute Gasteiger partial charge is 0.373 e. The molecule has 2 unspecified atom stereocenters. The predicted molar refractivity (Wildman–Crippen MR) is 94.9 cm³/mol. The normalized spacial score (nSPS) is 17.7. The minimum atomic E-state index is -0.179. The lowest BCUT2D eigenvalue weighted by atomic mass is 9.97. The maximum absolute atomic E-state index is 12.5. The number of halogens is 1. The second-order valence-corrected chi connectivity index (χ2v) is 6.57. The highest BCUT2D eigenvalue weighted by Crippen LogP contribution is 2.27. The Bertz CT molecular complexity index is 687. The minimum Gasteiger partial charge on any atom is -0.373 e. The van der Waals surface area contributed by atoms with E-state index in [2.05, 4.69) is 22.8 Å². The summed E-state index contributed by atoms with van der Waals surface area (Å²) in [7, 11) is 0. The molecule has 0 fully saturated rings. The number of amides is 1. The molecule has 0 aromatic heterocycles. The quantitative estimate of drug-likeness (QED) is 0.896. The van der Waals surface area contributed by atoms with E-state index < -0.39 is 0 Å². The van der Waals surface area contributed by atoms with Crippen molar-refractivity contribution in [1.82, 2.24) is 5.32 Å². The van der Waals surface area contributed by atoms with Crippen molar-refractivity contribution in [3.8, 4) is 0 Å². The highest BCUT2D eigenvalue weighted by Gasteiger charge is 2.24. The van der Waals surface area contributed by atoms with Crippen molar-refractivity contribution in [1.29, 1.82) is 0 Å². The summed E-state index contributed by atoms with van der Waals surface area (Å²) in [6.07, 6.45) is 2.50. The topological polar surface area (TPSA) is 41.1 Å². The van der Waals surface area contributed by atoms with Crippen LogP contribution in [-0.2, 0) is 17.6 Å². The number of hydrogen-bond acceptors (Lipinski definition) is 2. The smallest absolute Gasteiger partial charge is 0.242 e. The van der Waals surface area contributed by atoms with E-state index in [4.69, 9.17) is 11.6 Å². The molecule has 3 rings (SSSR count). The first-order chi connectivity index (χ1) is 11.1. The summed E-state index contributed by atoms with van der Waals surface area (Å²) in [4.78, 5) is 12.5. The Morgan fingerprint density at radius 3 is 2.87 bits per heavy atom. The molecule has 0 spiro atoms. The summed E-state index contributed by atoms with van der Waals surface area (Å²) in [5.41, 5.74) is 3.42. The van der Waals surface area contributed by atoms with Gasteiger partial charge in [-0.1, -0.05) is 41.9 Å². The van der Waals surface area contributed by atoms with Crippen LogP contribution in [0.15, 0.2) is 48.5 Å². The van der Waals surface area contributed by atoms with Crippen LogP contribution in [0.1, 0.15) is 24.5 Å². The van der Waals surface area contributed by atoms with Crippen LogP contribution in [0.3, 0.4) is 0 Å². The molecule has 120 valence electrons. The van der Waals surface area contributed by atoms with Crippen LogP contribution in [0.4, 0.5) is 5.69 Å². The third-order valence-corrected chi connectivity index (χ3v) is 4.42. The zero-order valence-corrected chi connectivity index (χ0v) is 13.9. The van der Waals surface area contributed by atoms with E-state index in [0.29, 0.717) is 0 Å². The first kappa shape index (κ1) is 15.9. The van der Waals surface area contributed by atoms with Crippen molar-refractivity contribution in [2.24, 2.45) is 0 Å². The third-order valence-electron chi connectivity index (χ3n) is 4.19. The lowest BCUT2D eigenvalue weighted by Gasteiger charge is -2.27. The van der Waals surface area contributed by atoms with Crippen LogP contribution in [0, 0.1) is 0 Å². The minimum absolute atomic E-state index is 0.0639. The molecule has 0 bridgehead atoms. The standard InChI is InChI=1S/C19H21ClN2O/c1-13(11-14-5-3-2-4-6-14)21-19(23)18-9-7-15-12-16(20)8-10-17(15)22-18/h2-6,8,10,12-13,18,22H,7,9,11H2,1H3,(H,21,23). The molecule has 1 heterocycles. The summed E-state index contributed by atoms with van der Waals surface area (Å²) in [5, 5.41) is 7.18. The molecular formula is C19H21ClN2O. The lowest BCUT2D eigenvalue weighted by Crippen LogP contribution is -2.45. The molecule has 3 nitrogen and oxygen atoms in total. The van der Waals surface area contributed by atoms with Gasteiger partial charge in [-0.15, -0.1) is 0 Å². The van der Waals surface area contributed by atoms with Gasteiger partial charge >= 0.3 is 0 Å². The predicted octanol–water partition coefficient (Wildman–Crippen LogP) is 3.81. The number of hydrogen-bond donors (Lipinski definition) is 2. The van der Waals surface area contributed by atoms with E-state index >= 15 is 0 Å². The van der Waals surface area contributed by atoms with Crippen LogP contribution < -0.4 is 10.6 Å². The Balaban J connectivity index is 1.57. The van der Waals surface area contributed by atoms with E-state index in [1.807, 2.05) is 43.3 Å². The Hall–Kier alpha value is -2.00. The van der Waals surface area contributed by atoms with Crippen LogP contribution in [0.5, 0.6) is 0 Å². The van der Waals surface area contributed by atoms with Crippen LogP contribution in [-0.4, -0.2) is 18.0 Å². The van der Waals surface area contributed by atoms with Gasteiger partial charge in [0.2, 0.25) is 5.91 Å². The maximum Gasteiger partial charge on any atom is 0.242 e. The van der Waals surface area contributed by atoms with Crippen molar-refractivity contribution < 1.29 is 4.79 Å². The number of anilines is 1. The van der Waals surface area contributed by atoms with Crippen LogP contribution in [0.25, 0.3) is 0 Å². The Morgan fingerprint density at radius 2 is 2.09 bits per heavy atom. The van der Waals surface area contributed by atoms with Crippen molar-refractivity contribution >= 4 is 23.2 Å². The average Bonchev–Trinajstić information content (AvgIpc) is 2.55. The molecule has 0 radical (unpaired) electrons. The lowest BCUT2D eigenvalue weighted by molar-refractivity contribution is -0.122. The van der Waals surface area contributed by atoms with Gasteiger partial charge in [0, 0.05) is 16.8 Å². The highest BCUT2D eigenvalue weighted by molar-refractivity contribution is 6.30. The van der Waals surface area contributed by atoms with Gasteiger partial charge in [0.15, 0.2) is 0 Å². The Morgan fingerprint density at radius 1 is 1.30 bits per heavy atom. The van der Waals surface area contributed by atoms with Gasteiger partial charge in [-0.25, -0.2) is 0 Å². The SMILES string of the molecule is CC(Cc1ccccc1)NC(=O)C1CCc2cc(Cl)ccc2N1. The van der Waals surface area contributed by atoms with Gasteiger partial charge in [0.25, 0.3) is 0 Å². The number of carbonyl (C=O) groups excluding carboxylic acids is 1. The highest BCUT2D eigenvalue weighted by atomic mass is 35.5. The van der Waals surface area contributed by atoms with Gasteiger partial charge < -0.3 is 10.6 Å². The number of fused-ring (bicyclic) bond motifs is 1. The molecule has 4 heteroatoms. The summed E-state index contributed by atoms with van der Waals surface area (Å²) in [6, 6.07) is 15.9. The van der Waals surface area contributed by atoms with Crippen molar-refractivity contribution in [2.45, 2.75) is 38.3 Å². The zero-order chi connectivity index (χ0) is 16.2. The molecule has 1 amide bonds. The molecule has 2 aromatic rings. The average molecular weight is 329 g/mol. The first-order valence-electron chi connectivity index (χ1n) is 8.01. The fraction of sp³-hybridized carbons (Fsp3) is 0.316. The van der Waals surface area contributed by atoms with E-state index in [1.165, 1.54) is 11.1 Å². The van der Waals surface area contributed by atoms with Crippen LogP contribution in [0.2, 0.25) is 5.02 Å². The molecule has 1 aliphatic rings. The second kappa shape index (κ2) is 7.05. The first-order valence-corrected chi connectivity index (χ1v) is 8.39.